The van der Waals surface area contributed by atoms with Crippen LogP contribution in [-0.2, 0) is 0 Å². The van der Waals surface area contributed by atoms with E-state index in [0.29, 0.717) is 17.8 Å². The molecule has 0 amide bonds. The molecule has 4 N–H and O–H groups in total. The molecule has 0 bridgehead atoms. The van der Waals surface area contributed by atoms with Crippen molar-refractivity contribution < 1.29 is 0 Å². The van der Waals surface area contributed by atoms with Gasteiger partial charge in [0, 0.05) is 20.6 Å². The molecule has 1 aromatic heterocycles. The summed E-state index contributed by atoms with van der Waals surface area (Å²) < 4.78 is 0. The first-order valence-corrected chi connectivity index (χ1v) is 4.31. The zero-order chi connectivity index (χ0) is 10.6. The zero-order valence-corrected chi connectivity index (χ0v) is 8.57. The lowest BCUT2D eigenvalue weighted by Gasteiger charge is -2.12. The van der Waals surface area contributed by atoms with Gasteiger partial charge >= 0.3 is 0 Å². The van der Waals surface area contributed by atoms with Crippen LogP contribution in [0, 0.1) is 0 Å². The van der Waals surface area contributed by atoms with Gasteiger partial charge in [-0.3, -0.25) is 5.43 Å². The van der Waals surface area contributed by atoms with Crippen LogP contribution in [0.2, 0.25) is 0 Å². The molecule has 14 heavy (non-hydrogen) atoms. The molecule has 0 spiro atoms. The van der Waals surface area contributed by atoms with Gasteiger partial charge in [-0.25, -0.2) is 5.84 Å². The molecule has 0 aliphatic rings. The van der Waals surface area contributed by atoms with Crippen molar-refractivity contribution in [3.05, 3.63) is 0 Å². The molecule has 0 saturated heterocycles. The third-order valence-electron chi connectivity index (χ3n) is 1.49. The summed E-state index contributed by atoms with van der Waals surface area (Å²) in [6.45, 7) is 2.72. The first-order valence-electron chi connectivity index (χ1n) is 4.31. The molecule has 0 radical (unpaired) electrons. The third kappa shape index (κ3) is 2.43. The predicted molar refractivity (Wildman–Crippen MR) is 56.1 cm³/mol. The molecule has 1 rings (SSSR count). The van der Waals surface area contributed by atoms with Crippen LogP contribution in [-0.4, -0.2) is 35.6 Å². The lowest BCUT2D eigenvalue weighted by atomic mass is 10.7. The highest BCUT2D eigenvalue weighted by Gasteiger charge is 2.05. The fourth-order valence-electron chi connectivity index (χ4n) is 0.866. The molecular weight excluding hydrogens is 182 g/mol. The maximum Gasteiger partial charge on any atom is 0.243 e. The van der Waals surface area contributed by atoms with Gasteiger partial charge in [0.1, 0.15) is 0 Å². The molecule has 7 nitrogen and oxygen atoms in total. The van der Waals surface area contributed by atoms with E-state index >= 15 is 0 Å². The van der Waals surface area contributed by atoms with E-state index in [-0.39, 0.29) is 0 Å². The smallest absolute Gasteiger partial charge is 0.243 e. The molecule has 7 heteroatoms. The molecule has 0 atom stereocenters. The van der Waals surface area contributed by atoms with Crippen molar-refractivity contribution in [1.82, 2.24) is 15.0 Å². The Morgan fingerprint density at radius 3 is 2.36 bits per heavy atom. The van der Waals surface area contributed by atoms with Crippen LogP contribution in [0.25, 0.3) is 0 Å². The van der Waals surface area contributed by atoms with Gasteiger partial charge in [-0.1, -0.05) is 0 Å². The van der Waals surface area contributed by atoms with Crippen LogP contribution in [0.1, 0.15) is 6.92 Å². The predicted octanol–water partition coefficient (Wildman–Crippen LogP) is -0.345. The Morgan fingerprint density at radius 2 is 1.86 bits per heavy atom. The summed E-state index contributed by atoms with van der Waals surface area (Å²) in [5, 5.41) is 2.99. The van der Waals surface area contributed by atoms with E-state index in [4.69, 9.17) is 5.84 Å². The number of nitrogen functional groups attached to an aromatic ring is 1. The molecule has 1 heterocycles. The number of hydrazine groups is 1. The van der Waals surface area contributed by atoms with E-state index in [1.54, 1.807) is 4.90 Å². The number of aromatic nitrogens is 3. The van der Waals surface area contributed by atoms with Gasteiger partial charge in [0.05, 0.1) is 0 Å². The van der Waals surface area contributed by atoms with Gasteiger partial charge in [0.25, 0.3) is 0 Å². The highest BCUT2D eigenvalue weighted by molar-refractivity contribution is 5.42. The minimum Gasteiger partial charge on any atom is -0.354 e. The number of nitrogens with zero attached hydrogens (tertiary/aromatic N) is 4. The zero-order valence-electron chi connectivity index (χ0n) is 8.57. The van der Waals surface area contributed by atoms with Gasteiger partial charge in [-0.05, 0) is 6.92 Å². The van der Waals surface area contributed by atoms with E-state index in [1.807, 2.05) is 21.0 Å². The number of hydrogen-bond donors (Lipinski definition) is 3. The Morgan fingerprint density at radius 1 is 1.21 bits per heavy atom. The van der Waals surface area contributed by atoms with Crippen LogP contribution < -0.4 is 21.5 Å². The topological polar surface area (TPSA) is 92.0 Å². The summed E-state index contributed by atoms with van der Waals surface area (Å²) in [6, 6.07) is 0. The first kappa shape index (κ1) is 10.5. The molecule has 0 unspecified atom stereocenters. The van der Waals surface area contributed by atoms with E-state index in [0.717, 1.165) is 6.54 Å². The summed E-state index contributed by atoms with van der Waals surface area (Å²) in [6.07, 6.45) is 0. The molecule has 0 aromatic carbocycles. The quantitative estimate of drug-likeness (QED) is 0.449. The Bertz CT molecular complexity index is 298. The molecule has 0 fully saturated rings. The van der Waals surface area contributed by atoms with Gasteiger partial charge < -0.3 is 10.2 Å². The standard InChI is InChI=1S/C7H15N7/c1-4-9-5-10-6(13-8)12-7(11-5)14(2)3/h4,8H2,1-3H3,(H2,9,10,11,12,13). The average molecular weight is 197 g/mol. The number of nitrogens with one attached hydrogen (secondary N) is 2. The van der Waals surface area contributed by atoms with E-state index in [2.05, 4.69) is 25.7 Å². The summed E-state index contributed by atoms with van der Waals surface area (Å²) in [4.78, 5) is 14.0. The number of nitrogens with two attached hydrogens (primary N) is 1. The highest BCUT2D eigenvalue weighted by atomic mass is 15.4. The normalized spacial score (nSPS) is 9.71. The lowest BCUT2D eigenvalue weighted by Crippen LogP contribution is -2.18. The summed E-state index contributed by atoms with van der Waals surface area (Å²) >= 11 is 0. The minimum atomic E-state index is 0.347. The fraction of sp³-hybridized carbons (Fsp3) is 0.571. The maximum atomic E-state index is 5.23. The monoisotopic (exact) mass is 197 g/mol. The van der Waals surface area contributed by atoms with Crippen LogP contribution in [0.3, 0.4) is 0 Å². The van der Waals surface area contributed by atoms with Crippen molar-refractivity contribution in [1.29, 1.82) is 0 Å². The Kier molecular flexibility index (Phi) is 3.41. The van der Waals surface area contributed by atoms with Crippen molar-refractivity contribution in [3.8, 4) is 0 Å². The minimum absolute atomic E-state index is 0.347. The van der Waals surface area contributed by atoms with Crippen molar-refractivity contribution in [2.75, 3.05) is 36.3 Å². The summed E-state index contributed by atoms with van der Waals surface area (Å²) in [5.41, 5.74) is 2.39. The molecule has 1 aromatic rings. The number of hydrogen-bond acceptors (Lipinski definition) is 7. The first-order chi connectivity index (χ1) is 6.67. The summed E-state index contributed by atoms with van der Waals surface area (Å²) in [7, 11) is 3.71. The van der Waals surface area contributed by atoms with Gasteiger partial charge in [-0.15, -0.1) is 0 Å². The number of anilines is 3. The SMILES string of the molecule is CCNc1nc(NN)nc(N(C)C)n1. The number of rotatable bonds is 4. The van der Waals surface area contributed by atoms with Gasteiger partial charge in [-0.2, -0.15) is 15.0 Å². The largest absolute Gasteiger partial charge is 0.354 e. The second-order valence-electron chi connectivity index (χ2n) is 2.85. The van der Waals surface area contributed by atoms with E-state index < -0.39 is 0 Å². The Balaban J connectivity index is 3.00. The molecule has 0 aliphatic carbocycles. The van der Waals surface area contributed by atoms with Gasteiger partial charge in [0.2, 0.25) is 17.8 Å². The van der Waals surface area contributed by atoms with E-state index in [1.165, 1.54) is 0 Å². The van der Waals surface area contributed by atoms with Crippen LogP contribution in [0.5, 0.6) is 0 Å². The Hall–Kier alpha value is -1.63. The molecule has 78 valence electrons. The van der Waals surface area contributed by atoms with Gasteiger partial charge in [0.15, 0.2) is 0 Å². The van der Waals surface area contributed by atoms with Crippen molar-refractivity contribution >= 4 is 17.8 Å². The van der Waals surface area contributed by atoms with Crippen LogP contribution in [0.15, 0.2) is 0 Å². The van der Waals surface area contributed by atoms with Crippen molar-refractivity contribution in [2.45, 2.75) is 6.92 Å². The lowest BCUT2D eigenvalue weighted by molar-refractivity contribution is 0.945. The van der Waals surface area contributed by atoms with Crippen LogP contribution in [0.4, 0.5) is 17.8 Å². The maximum absolute atomic E-state index is 5.23. The third-order valence-corrected chi connectivity index (χ3v) is 1.49. The van der Waals surface area contributed by atoms with E-state index in [9.17, 15) is 0 Å². The average Bonchev–Trinajstić information content (AvgIpc) is 2.17. The van der Waals surface area contributed by atoms with Crippen molar-refractivity contribution in [3.63, 3.8) is 0 Å². The highest BCUT2D eigenvalue weighted by Crippen LogP contribution is 2.09. The van der Waals surface area contributed by atoms with Crippen molar-refractivity contribution in [2.24, 2.45) is 5.84 Å². The molecule has 0 saturated carbocycles. The molecular formula is C7H15N7. The summed E-state index contributed by atoms with van der Waals surface area (Å²) in [5.74, 6) is 6.65. The Labute approximate surface area is 82.7 Å². The van der Waals surface area contributed by atoms with Crippen LogP contribution >= 0.6 is 0 Å². The second-order valence-corrected chi connectivity index (χ2v) is 2.85. The molecule has 0 aliphatic heterocycles. The second kappa shape index (κ2) is 4.56. The fourth-order valence-corrected chi connectivity index (χ4v) is 0.866.